The largest absolute Gasteiger partial charge is 0.343 e. The number of aromatic nitrogens is 1. The number of amides is 2. The summed E-state index contributed by atoms with van der Waals surface area (Å²) in [5.74, 6) is 0.569. The van der Waals surface area contributed by atoms with Crippen molar-refractivity contribution in [2.24, 2.45) is 5.92 Å². The molecule has 0 radical (unpaired) electrons. The quantitative estimate of drug-likeness (QED) is 0.888. The smallest absolute Gasteiger partial charge is 0.271 e. The predicted molar refractivity (Wildman–Crippen MR) is 94.2 cm³/mol. The molecule has 132 valence electrons. The zero-order valence-corrected chi connectivity index (χ0v) is 15.1. The van der Waals surface area contributed by atoms with Gasteiger partial charge in [-0.05, 0) is 57.8 Å². The molecule has 0 aliphatic carbocycles. The second kappa shape index (κ2) is 8.24. The summed E-state index contributed by atoms with van der Waals surface area (Å²) in [7, 11) is 5.35. The van der Waals surface area contributed by atoms with Crippen LogP contribution in [0.15, 0.2) is 12.1 Å². The van der Waals surface area contributed by atoms with Crippen LogP contribution in [0.3, 0.4) is 0 Å². The number of carbonyl (C=O) groups is 2. The minimum Gasteiger partial charge on any atom is -0.343 e. The molecule has 1 aliphatic heterocycles. The number of hydrogen-bond acceptors (Lipinski definition) is 4. The maximum atomic E-state index is 12.7. The van der Waals surface area contributed by atoms with Crippen molar-refractivity contribution in [1.29, 1.82) is 0 Å². The third-order valence-corrected chi connectivity index (χ3v) is 4.65. The Kier molecular flexibility index (Phi) is 6.31. The van der Waals surface area contributed by atoms with Crippen molar-refractivity contribution in [2.75, 3.05) is 40.8 Å². The van der Waals surface area contributed by atoms with Crippen LogP contribution in [0.2, 0.25) is 0 Å². The first-order chi connectivity index (χ1) is 11.4. The minimum atomic E-state index is -0.151. The molecule has 0 unspecified atom stereocenters. The highest BCUT2D eigenvalue weighted by Crippen LogP contribution is 2.22. The zero-order chi connectivity index (χ0) is 17.7. The molecule has 1 aromatic rings. The topological polar surface area (TPSA) is 65.5 Å². The standard InChI is InChI=1S/C18H28N4O2/c1-13-15(5-6-16(20-13)18(24)21(3)4)17(23)22-11-8-14(9-12-22)7-10-19-2/h5-6,14,19H,7-12H2,1-4H3. The van der Waals surface area contributed by atoms with E-state index in [9.17, 15) is 9.59 Å². The molecule has 1 saturated heterocycles. The van der Waals surface area contributed by atoms with E-state index >= 15 is 0 Å². The molecule has 6 nitrogen and oxygen atoms in total. The van der Waals surface area contributed by atoms with Gasteiger partial charge >= 0.3 is 0 Å². The lowest BCUT2D eigenvalue weighted by molar-refractivity contribution is 0.0684. The Labute approximate surface area is 144 Å². The van der Waals surface area contributed by atoms with Crippen LogP contribution < -0.4 is 5.32 Å². The summed E-state index contributed by atoms with van der Waals surface area (Å²) in [6.07, 6.45) is 3.27. The van der Waals surface area contributed by atoms with Crippen LogP contribution in [0.5, 0.6) is 0 Å². The van der Waals surface area contributed by atoms with Crippen LogP contribution in [0.25, 0.3) is 0 Å². The molecule has 1 aliphatic rings. The van der Waals surface area contributed by atoms with E-state index in [2.05, 4.69) is 10.3 Å². The monoisotopic (exact) mass is 332 g/mol. The third-order valence-electron chi connectivity index (χ3n) is 4.65. The van der Waals surface area contributed by atoms with Gasteiger partial charge in [-0.15, -0.1) is 0 Å². The van der Waals surface area contributed by atoms with E-state index in [0.29, 0.717) is 22.9 Å². The number of hydrogen-bond donors (Lipinski definition) is 1. The molecule has 1 N–H and O–H groups in total. The number of piperidine rings is 1. The number of carbonyl (C=O) groups excluding carboxylic acids is 2. The summed E-state index contributed by atoms with van der Waals surface area (Å²) in [5, 5.41) is 3.18. The van der Waals surface area contributed by atoms with Gasteiger partial charge in [-0.3, -0.25) is 9.59 Å². The maximum Gasteiger partial charge on any atom is 0.271 e. The predicted octanol–water partition coefficient (Wildman–Crippen LogP) is 1.55. The first-order valence-electron chi connectivity index (χ1n) is 8.57. The highest BCUT2D eigenvalue weighted by Gasteiger charge is 2.25. The van der Waals surface area contributed by atoms with E-state index in [1.165, 1.54) is 11.3 Å². The molecule has 2 rings (SSSR count). The molecule has 0 aromatic carbocycles. The fourth-order valence-electron chi connectivity index (χ4n) is 3.08. The lowest BCUT2D eigenvalue weighted by Crippen LogP contribution is -2.39. The first kappa shape index (κ1) is 18.4. The Balaban J connectivity index is 2.02. The molecule has 24 heavy (non-hydrogen) atoms. The maximum absolute atomic E-state index is 12.7. The van der Waals surface area contributed by atoms with Gasteiger partial charge < -0.3 is 15.1 Å². The molecule has 0 saturated carbocycles. The van der Waals surface area contributed by atoms with E-state index < -0.39 is 0 Å². The van der Waals surface area contributed by atoms with Crippen molar-refractivity contribution in [2.45, 2.75) is 26.2 Å². The van der Waals surface area contributed by atoms with E-state index in [0.717, 1.165) is 32.5 Å². The van der Waals surface area contributed by atoms with Crippen molar-refractivity contribution in [3.8, 4) is 0 Å². The average Bonchev–Trinajstić information content (AvgIpc) is 2.59. The highest BCUT2D eigenvalue weighted by molar-refractivity contribution is 5.97. The lowest BCUT2D eigenvalue weighted by atomic mass is 9.93. The molecule has 2 heterocycles. The van der Waals surface area contributed by atoms with Gasteiger partial charge in [0, 0.05) is 27.2 Å². The lowest BCUT2D eigenvalue weighted by Gasteiger charge is -2.32. The average molecular weight is 332 g/mol. The molecule has 0 spiro atoms. The summed E-state index contributed by atoms with van der Waals surface area (Å²) in [5.41, 5.74) is 1.59. The van der Waals surface area contributed by atoms with Crippen LogP contribution in [0.4, 0.5) is 0 Å². The molecule has 0 bridgehead atoms. The number of nitrogens with one attached hydrogen (secondary N) is 1. The van der Waals surface area contributed by atoms with Gasteiger partial charge in [0.2, 0.25) is 0 Å². The Hall–Kier alpha value is -1.95. The van der Waals surface area contributed by atoms with Crippen molar-refractivity contribution in [3.63, 3.8) is 0 Å². The number of rotatable bonds is 5. The van der Waals surface area contributed by atoms with E-state index in [-0.39, 0.29) is 11.8 Å². The highest BCUT2D eigenvalue weighted by atomic mass is 16.2. The molecular formula is C18H28N4O2. The van der Waals surface area contributed by atoms with Gasteiger partial charge in [0.05, 0.1) is 11.3 Å². The molecule has 6 heteroatoms. The summed E-state index contributed by atoms with van der Waals surface area (Å²) >= 11 is 0. The van der Waals surface area contributed by atoms with Crippen molar-refractivity contribution < 1.29 is 9.59 Å². The normalized spacial score (nSPS) is 15.4. The van der Waals surface area contributed by atoms with Crippen molar-refractivity contribution in [1.82, 2.24) is 20.1 Å². The minimum absolute atomic E-state index is 0.0240. The van der Waals surface area contributed by atoms with Crippen molar-refractivity contribution in [3.05, 3.63) is 29.1 Å². The Bertz CT molecular complexity index is 593. The fraction of sp³-hybridized carbons (Fsp3) is 0.611. The molecular weight excluding hydrogens is 304 g/mol. The third kappa shape index (κ3) is 4.32. The first-order valence-corrected chi connectivity index (χ1v) is 8.57. The summed E-state index contributed by atoms with van der Waals surface area (Å²) < 4.78 is 0. The van der Waals surface area contributed by atoms with E-state index in [4.69, 9.17) is 0 Å². The van der Waals surface area contributed by atoms with Gasteiger partial charge in [0.15, 0.2) is 0 Å². The molecule has 1 fully saturated rings. The SMILES string of the molecule is CNCCC1CCN(C(=O)c2ccc(C(=O)N(C)C)nc2C)CC1. The van der Waals surface area contributed by atoms with Crippen LogP contribution in [-0.2, 0) is 0 Å². The van der Waals surface area contributed by atoms with Crippen LogP contribution in [0, 0.1) is 12.8 Å². The van der Waals surface area contributed by atoms with Crippen LogP contribution in [-0.4, -0.2) is 67.4 Å². The molecule has 0 atom stereocenters. The second-order valence-electron chi connectivity index (χ2n) is 6.66. The van der Waals surface area contributed by atoms with Crippen molar-refractivity contribution >= 4 is 11.8 Å². The Morgan fingerprint density at radius 1 is 1.29 bits per heavy atom. The van der Waals surface area contributed by atoms with E-state index in [1.807, 2.05) is 11.9 Å². The Morgan fingerprint density at radius 2 is 1.96 bits per heavy atom. The van der Waals surface area contributed by atoms with E-state index in [1.54, 1.807) is 33.2 Å². The number of likely N-dealkylation sites (tertiary alicyclic amines) is 1. The molecule has 2 amide bonds. The van der Waals surface area contributed by atoms with Gasteiger partial charge in [-0.2, -0.15) is 0 Å². The number of pyridine rings is 1. The Morgan fingerprint density at radius 3 is 2.50 bits per heavy atom. The van der Waals surface area contributed by atoms with Crippen LogP contribution >= 0.6 is 0 Å². The van der Waals surface area contributed by atoms with Crippen LogP contribution in [0.1, 0.15) is 45.8 Å². The summed E-state index contributed by atoms with van der Waals surface area (Å²) in [6.45, 7) is 4.42. The summed E-state index contributed by atoms with van der Waals surface area (Å²) in [6, 6.07) is 3.37. The number of aryl methyl sites for hydroxylation is 1. The second-order valence-corrected chi connectivity index (χ2v) is 6.66. The van der Waals surface area contributed by atoms with Gasteiger partial charge in [0.1, 0.15) is 5.69 Å². The fourth-order valence-corrected chi connectivity index (χ4v) is 3.08. The number of nitrogens with zero attached hydrogens (tertiary/aromatic N) is 3. The molecule has 1 aromatic heterocycles. The summed E-state index contributed by atoms with van der Waals surface area (Å²) in [4.78, 5) is 32.4. The zero-order valence-electron chi connectivity index (χ0n) is 15.1. The van der Waals surface area contributed by atoms with Gasteiger partial charge in [0.25, 0.3) is 11.8 Å². The van der Waals surface area contributed by atoms with Gasteiger partial charge in [-0.1, -0.05) is 0 Å². The van der Waals surface area contributed by atoms with Gasteiger partial charge in [-0.25, -0.2) is 4.98 Å².